The minimum absolute atomic E-state index is 0.171. The van der Waals surface area contributed by atoms with Crippen molar-refractivity contribution in [2.24, 2.45) is 0 Å². The van der Waals surface area contributed by atoms with Gasteiger partial charge in [-0.1, -0.05) is 12.1 Å². The summed E-state index contributed by atoms with van der Waals surface area (Å²) in [6.07, 6.45) is -0.410. The number of cyclic esters (lactones) is 1. The maximum Gasteiger partial charge on any atom is 0.410 e. The van der Waals surface area contributed by atoms with Crippen LogP contribution in [-0.4, -0.2) is 23.6 Å². The van der Waals surface area contributed by atoms with Crippen molar-refractivity contribution in [3.05, 3.63) is 29.8 Å². The van der Waals surface area contributed by atoms with Crippen LogP contribution in [0.4, 0.5) is 10.5 Å². The third-order valence-electron chi connectivity index (χ3n) is 2.77. The highest BCUT2D eigenvalue weighted by atomic mass is 16.6. The largest absolute Gasteiger partial charge is 0.439 e. The number of rotatable bonds is 2. The van der Waals surface area contributed by atoms with E-state index in [1.54, 1.807) is 4.90 Å². The normalized spacial score (nSPS) is 20.3. The highest BCUT2D eigenvalue weighted by molar-refractivity contribution is 5.70. The molecule has 1 heterocycles. The first-order chi connectivity index (χ1) is 7.58. The second-order valence-corrected chi connectivity index (χ2v) is 4.29. The van der Waals surface area contributed by atoms with Crippen molar-refractivity contribution >= 4 is 11.8 Å². The van der Waals surface area contributed by atoms with Crippen molar-refractivity contribution in [2.75, 3.05) is 12.3 Å². The van der Waals surface area contributed by atoms with Crippen LogP contribution in [0.1, 0.15) is 25.5 Å². The first-order valence-corrected chi connectivity index (χ1v) is 5.40. The van der Waals surface area contributed by atoms with E-state index in [1.165, 1.54) is 0 Å². The Morgan fingerprint density at radius 1 is 1.38 bits per heavy atom. The lowest BCUT2D eigenvalue weighted by atomic mass is 10.1. The number of amides is 1. The van der Waals surface area contributed by atoms with Crippen molar-refractivity contribution in [1.82, 2.24) is 4.90 Å². The summed E-state index contributed by atoms with van der Waals surface area (Å²) in [5, 5.41) is 0. The van der Waals surface area contributed by atoms with E-state index in [1.807, 2.05) is 38.1 Å². The molecular formula is C12H16N2O2. The predicted octanol–water partition coefficient (Wildman–Crippen LogP) is 2.17. The Bertz CT molecular complexity index is 387. The number of hydrogen-bond acceptors (Lipinski definition) is 3. The second kappa shape index (κ2) is 4.04. The summed E-state index contributed by atoms with van der Waals surface area (Å²) in [5.41, 5.74) is 7.32. The zero-order valence-corrected chi connectivity index (χ0v) is 9.51. The standard InChI is InChI=1S/C12H16N2O2/c1-8(2)14-7-11(16-12(14)15)9-3-5-10(13)6-4-9/h3-6,8,11H,7,13H2,1-2H3. The van der Waals surface area contributed by atoms with Gasteiger partial charge in [-0.2, -0.15) is 0 Å². The number of hydrogen-bond donors (Lipinski definition) is 1. The molecule has 0 bridgehead atoms. The number of carbonyl (C=O) groups excluding carboxylic acids is 1. The van der Waals surface area contributed by atoms with Crippen LogP contribution in [0.2, 0.25) is 0 Å². The van der Waals surface area contributed by atoms with Gasteiger partial charge in [0.15, 0.2) is 0 Å². The molecule has 1 unspecified atom stereocenters. The van der Waals surface area contributed by atoms with Crippen molar-refractivity contribution in [2.45, 2.75) is 26.0 Å². The molecule has 1 fully saturated rings. The zero-order chi connectivity index (χ0) is 11.7. The van der Waals surface area contributed by atoms with Gasteiger partial charge < -0.3 is 15.4 Å². The fourth-order valence-corrected chi connectivity index (χ4v) is 1.79. The van der Waals surface area contributed by atoms with Crippen molar-refractivity contribution in [1.29, 1.82) is 0 Å². The third-order valence-corrected chi connectivity index (χ3v) is 2.77. The fourth-order valence-electron chi connectivity index (χ4n) is 1.79. The lowest BCUT2D eigenvalue weighted by molar-refractivity contribution is 0.130. The molecule has 16 heavy (non-hydrogen) atoms. The van der Waals surface area contributed by atoms with E-state index in [-0.39, 0.29) is 18.2 Å². The van der Waals surface area contributed by atoms with Crippen molar-refractivity contribution in [3.8, 4) is 0 Å². The summed E-state index contributed by atoms with van der Waals surface area (Å²) in [5.74, 6) is 0. The van der Waals surface area contributed by atoms with Gasteiger partial charge in [-0.3, -0.25) is 0 Å². The zero-order valence-electron chi connectivity index (χ0n) is 9.51. The molecule has 1 aromatic rings. The Morgan fingerprint density at radius 2 is 2.00 bits per heavy atom. The lowest BCUT2D eigenvalue weighted by Crippen LogP contribution is -2.31. The molecule has 1 saturated heterocycles. The van der Waals surface area contributed by atoms with Gasteiger partial charge in [0, 0.05) is 11.7 Å². The van der Waals surface area contributed by atoms with Crippen LogP contribution >= 0.6 is 0 Å². The van der Waals surface area contributed by atoms with E-state index >= 15 is 0 Å². The maximum atomic E-state index is 11.5. The van der Waals surface area contributed by atoms with E-state index in [4.69, 9.17) is 10.5 Å². The molecule has 2 N–H and O–H groups in total. The van der Waals surface area contributed by atoms with E-state index < -0.39 is 0 Å². The molecule has 1 atom stereocenters. The van der Waals surface area contributed by atoms with Crippen molar-refractivity contribution in [3.63, 3.8) is 0 Å². The minimum atomic E-state index is -0.239. The van der Waals surface area contributed by atoms with Crippen LogP contribution in [0.3, 0.4) is 0 Å². The van der Waals surface area contributed by atoms with Crippen LogP contribution in [0, 0.1) is 0 Å². The van der Waals surface area contributed by atoms with Gasteiger partial charge in [0.05, 0.1) is 6.54 Å². The van der Waals surface area contributed by atoms with E-state index in [0.29, 0.717) is 12.2 Å². The van der Waals surface area contributed by atoms with Gasteiger partial charge in [-0.15, -0.1) is 0 Å². The minimum Gasteiger partial charge on any atom is -0.439 e. The Balaban J connectivity index is 2.13. The number of ether oxygens (including phenoxy) is 1. The van der Waals surface area contributed by atoms with Crippen LogP contribution in [-0.2, 0) is 4.74 Å². The Labute approximate surface area is 95.0 Å². The Kier molecular flexibility index (Phi) is 2.73. The summed E-state index contributed by atoms with van der Waals surface area (Å²) in [6.45, 7) is 4.57. The van der Waals surface area contributed by atoms with Crippen molar-refractivity contribution < 1.29 is 9.53 Å². The molecule has 1 aliphatic heterocycles. The highest BCUT2D eigenvalue weighted by Crippen LogP contribution is 2.27. The van der Waals surface area contributed by atoms with Crippen LogP contribution in [0.25, 0.3) is 0 Å². The molecule has 1 aliphatic rings. The molecule has 1 amide bonds. The second-order valence-electron chi connectivity index (χ2n) is 4.29. The molecule has 1 aromatic carbocycles. The monoisotopic (exact) mass is 220 g/mol. The third kappa shape index (κ3) is 1.96. The molecule has 86 valence electrons. The molecular weight excluding hydrogens is 204 g/mol. The van der Waals surface area contributed by atoms with Crippen LogP contribution in [0.5, 0.6) is 0 Å². The number of anilines is 1. The summed E-state index contributed by atoms with van der Waals surface area (Å²) < 4.78 is 5.31. The summed E-state index contributed by atoms with van der Waals surface area (Å²) in [6, 6.07) is 7.61. The van der Waals surface area contributed by atoms with E-state index in [9.17, 15) is 4.79 Å². The SMILES string of the molecule is CC(C)N1CC(c2ccc(N)cc2)OC1=O. The number of carbonyl (C=O) groups is 1. The van der Waals surface area contributed by atoms with Gasteiger partial charge in [0.25, 0.3) is 0 Å². The Morgan fingerprint density at radius 3 is 2.50 bits per heavy atom. The maximum absolute atomic E-state index is 11.5. The first-order valence-electron chi connectivity index (χ1n) is 5.40. The molecule has 0 spiro atoms. The molecule has 0 saturated carbocycles. The van der Waals surface area contributed by atoms with E-state index in [0.717, 1.165) is 5.56 Å². The van der Waals surface area contributed by atoms with E-state index in [2.05, 4.69) is 0 Å². The summed E-state index contributed by atoms with van der Waals surface area (Å²) in [4.78, 5) is 13.3. The molecule has 4 nitrogen and oxygen atoms in total. The first kappa shape index (κ1) is 10.8. The van der Waals surface area contributed by atoms with Gasteiger partial charge in [0.2, 0.25) is 0 Å². The summed E-state index contributed by atoms with van der Waals surface area (Å²) in [7, 11) is 0. The average molecular weight is 220 g/mol. The predicted molar refractivity (Wildman–Crippen MR) is 61.9 cm³/mol. The quantitative estimate of drug-likeness (QED) is 0.777. The summed E-state index contributed by atoms with van der Waals surface area (Å²) >= 11 is 0. The number of nitrogens with two attached hydrogens (primary N) is 1. The van der Waals surface area contributed by atoms with Crippen LogP contribution < -0.4 is 5.73 Å². The topological polar surface area (TPSA) is 55.6 Å². The van der Waals surface area contributed by atoms with Crippen LogP contribution in [0.15, 0.2) is 24.3 Å². The highest BCUT2D eigenvalue weighted by Gasteiger charge is 2.33. The van der Waals surface area contributed by atoms with Gasteiger partial charge >= 0.3 is 6.09 Å². The molecule has 0 aromatic heterocycles. The fraction of sp³-hybridized carbons (Fsp3) is 0.417. The number of benzene rings is 1. The molecule has 0 aliphatic carbocycles. The molecule has 4 heteroatoms. The van der Waals surface area contributed by atoms with Gasteiger partial charge in [0.1, 0.15) is 6.10 Å². The number of nitrogens with zero attached hydrogens (tertiary/aromatic N) is 1. The molecule has 2 rings (SSSR count). The van der Waals surface area contributed by atoms with Gasteiger partial charge in [-0.25, -0.2) is 4.79 Å². The lowest BCUT2D eigenvalue weighted by Gasteiger charge is -2.16. The average Bonchev–Trinajstić information content (AvgIpc) is 2.61. The smallest absolute Gasteiger partial charge is 0.410 e. The Hall–Kier alpha value is -1.71. The van der Waals surface area contributed by atoms with Gasteiger partial charge in [-0.05, 0) is 31.5 Å². The number of nitrogen functional groups attached to an aromatic ring is 1. The molecule has 0 radical (unpaired) electrons.